The van der Waals surface area contributed by atoms with Crippen LogP contribution < -0.4 is 5.32 Å². The summed E-state index contributed by atoms with van der Waals surface area (Å²) in [6.07, 6.45) is -4.45. The van der Waals surface area contributed by atoms with Crippen molar-refractivity contribution in [3.8, 4) is 11.4 Å². The number of alkyl halides is 3. The molecule has 0 radical (unpaired) electrons. The van der Waals surface area contributed by atoms with Gasteiger partial charge in [-0.25, -0.2) is 0 Å². The van der Waals surface area contributed by atoms with Gasteiger partial charge >= 0.3 is 6.18 Å². The Labute approximate surface area is 126 Å². The number of rotatable bonds is 3. The van der Waals surface area contributed by atoms with Crippen LogP contribution in [-0.4, -0.2) is 15.4 Å². The Balaban J connectivity index is 2.45. The van der Waals surface area contributed by atoms with E-state index < -0.39 is 11.7 Å². The van der Waals surface area contributed by atoms with E-state index in [9.17, 15) is 13.2 Å². The van der Waals surface area contributed by atoms with Gasteiger partial charge in [0.15, 0.2) is 5.82 Å². The van der Waals surface area contributed by atoms with E-state index in [0.29, 0.717) is 9.60 Å². The minimum absolute atomic E-state index is 0.0197. The van der Waals surface area contributed by atoms with Crippen molar-refractivity contribution < 1.29 is 13.2 Å². The van der Waals surface area contributed by atoms with Gasteiger partial charge in [-0.2, -0.15) is 22.5 Å². The van der Waals surface area contributed by atoms with Crippen LogP contribution >= 0.6 is 27.5 Å². The van der Waals surface area contributed by atoms with Crippen LogP contribution in [0, 0.1) is 0 Å². The van der Waals surface area contributed by atoms with Crippen LogP contribution in [0.25, 0.3) is 11.4 Å². The van der Waals surface area contributed by atoms with Crippen LogP contribution in [0.2, 0.25) is 0 Å². The van der Waals surface area contributed by atoms with E-state index in [2.05, 4.69) is 30.6 Å². The van der Waals surface area contributed by atoms with Gasteiger partial charge in [-0.3, -0.25) is 0 Å². The molecule has 0 aliphatic rings. The molecule has 1 heterocycles. The van der Waals surface area contributed by atoms with E-state index >= 15 is 0 Å². The minimum Gasteiger partial charge on any atom is -0.358 e. The summed E-state index contributed by atoms with van der Waals surface area (Å²) in [5, 5.41) is 3.52. The van der Waals surface area contributed by atoms with E-state index in [1.165, 1.54) is 6.07 Å². The molecular formula is C12H11BrF3N3S. The first-order chi connectivity index (χ1) is 9.27. The third kappa shape index (κ3) is 3.49. The van der Waals surface area contributed by atoms with Gasteiger partial charge in [0.25, 0.3) is 0 Å². The summed E-state index contributed by atoms with van der Waals surface area (Å²) in [7, 11) is 0. The van der Waals surface area contributed by atoms with Crippen LogP contribution in [0.15, 0.2) is 22.7 Å². The average molecular weight is 366 g/mol. The first kappa shape index (κ1) is 15.2. The molecule has 1 N–H and O–H groups in total. The van der Waals surface area contributed by atoms with Gasteiger partial charge < -0.3 is 5.32 Å². The number of nitrogens with one attached hydrogen (secondary N) is 1. The smallest absolute Gasteiger partial charge is 0.358 e. The highest BCUT2D eigenvalue weighted by atomic mass is 79.9. The SMILES string of the molecule is CC(C)Nc1nc(-c2ccc(Br)cc2C(F)(F)F)ns1. The van der Waals surface area contributed by atoms with E-state index in [1.54, 1.807) is 6.07 Å². The molecule has 0 spiro atoms. The minimum atomic E-state index is -4.45. The maximum absolute atomic E-state index is 13.0. The molecule has 20 heavy (non-hydrogen) atoms. The first-order valence-corrected chi connectivity index (χ1v) is 7.31. The molecule has 0 amide bonds. The van der Waals surface area contributed by atoms with Crippen molar-refractivity contribution in [1.82, 2.24) is 9.36 Å². The van der Waals surface area contributed by atoms with Crippen molar-refractivity contribution in [2.75, 3.05) is 5.32 Å². The van der Waals surface area contributed by atoms with Crippen LogP contribution in [-0.2, 0) is 6.18 Å². The Kier molecular flexibility index (Phi) is 4.33. The topological polar surface area (TPSA) is 37.8 Å². The molecule has 2 rings (SSSR count). The largest absolute Gasteiger partial charge is 0.417 e. The molecule has 1 aromatic heterocycles. The lowest BCUT2D eigenvalue weighted by Crippen LogP contribution is -2.09. The second-order valence-electron chi connectivity index (χ2n) is 4.41. The number of nitrogens with zero attached hydrogens (tertiary/aromatic N) is 2. The van der Waals surface area contributed by atoms with E-state index in [1.807, 2.05) is 13.8 Å². The Morgan fingerprint density at radius 3 is 2.60 bits per heavy atom. The zero-order valence-electron chi connectivity index (χ0n) is 10.6. The maximum atomic E-state index is 13.0. The third-order valence-corrected chi connectivity index (χ3v) is 3.51. The third-order valence-electron chi connectivity index (χ3n) is 2.37. The highest BCUT2D eigenvalue weighted by molar-refractivity contribution is 9.10. The maximum Gasteiger partial charge on any atom is 0.417 e. The van der Waals surface area contributed by atoms with Crippen molar-refractivity contribution in [2.24, 2.45) is 0 Å². The molecule has 108 valence electrons. The highest BCUT2D eigenvalue weighted by Crippen LogP contribution is 2.38. The quantitative estimate of drug-likeness (QED) is 0.848. The zero-order chi connectivity index (χ0) is 14.9. The normalized spacial score (nSPS) is 11.9. The standard InChI is InChI=1S/C12H11BrF3N3S/c1-6(2)17-11-18-10(19-20-11)8-4-3-7(13)5-9(8)12(14,15)16/h3-6H,1-2H3,(H,17,18,19). The molecule has 0 aliphatic heterocycles. The Bertz CT molecular complexity index is 610. The van der Waals surface area contributed by atoms with Gasteiger partial charge in [-0.1, -0.05) is 15.9 Å². The van der Waals surface area contributed by atoms with Gasteiger partial charge in [0.1, 0.15) is 0 Å². The number of hydrogen-bond donors (Lipinski definition) is 1. The van der Waals surface area contributed by atoms with Crippen LogP contribution in [0.3, 0.4) is 0 Å². The molecular weight excluding hydrogens is 355 g/mol. The number of benzene rings is 1. The summed E-state index contributed by atoms with van der Waals surface area (Å²) in [6, 6.07) is 4.09. The van der Waals surface area contributed by atoms with E-state index in [0.717, 1.165) is 17.6 Å². The van der Waals surface area contributed by atoms with Gasteiger partial charge in [-0.05, 0) is 32.0 Å². The van der Waals surface area contributed by atoms with Crippen molar-refractivity contribution >= 4 is 32.6 Å². The molecule has 0 fully saturated rings. The zero-order valence-corrected chi connectivity index (χ0v) is 13.0. The van der Waals surface area contributed by atoms with Crippen LogP contribution in [0.5, 0.6) is 0 Å². The van der Waals surface area contributed by atoms with Gasteiger partial charge in [0, 0.05) is 27.6 Å². The first-order valence-electron chi connectivity index (χ1n) is 5.74. The summed E-state index contributed by atoms with van der Waals surface area (Å²) in [5.41, 5.74) is -0.769. The summed E-state index contributed by atoms with van der Waals surface area (Å²) in [5.74, 6) is 0.0815. The lowest BCUT2D eigenvalue weighted by Gasteiger charge is -2.11. The van der Waals surface area contributed by atoms with Gasteiger partial charge in [-0.15, -0.1) is 0 Å². The van der Waals surface area contributed by atoms with Crippen LogP contribution in [0.4, 0.5) is 18.3 Å². The van der Waals surface area contributed by atoms with Crippen molar-refractivity contribution in [2.45, 2.75) is 26.1 Å². The number of hydrogen-bond acceptors (Lipinski definition) is 4. The van der Waals surface area contributed by atoms with E-state index in [4.69, 9.17) is 0 Å². The lowest BCUT2D eigenvalue weighted by molar-refractivity contribution is -0.137. The highest BCUT2D eigenvalue weighted by Gasteiger charge is 2.34. The molecule has 0 saturated heterocycles. The summed E-state index contributed by atoms with van der Waals surface area (Å²) in [4.78, 5) is 4.11. The predicted molar refractivity (Wildman–Crippen MR) is 76.8 cm³/mol. The second-order valence-corrected chi connectivity index (χ2v) is 6.08. The number of aromatic nitrogens is 2. The molecule has 8 heteroatoms. The monoisotopic (exact) mass is 365 g/mol. The fourth-order valence-electron chi connectivity index (χ4n) is 1.58. The Morgan fingerprint density at radius 2 is 2.00 bits per heavy atom. The second kappa shape index (κ2) is 5.69. The molecule has 0 atom stereocenters. The molecule has 0 saturated carbocycles. The molecule has 3 nitrogen and oxygen atoms in total. The molecule has 0 aliphatic carbocycles. The summed E-state index contributed by atoms with van der Waals surface area (Å²) in [6.45, 7) is 3.84. The van der Waals surface area contributed by atoms with Gasteiger partial charge in [0.2, 0.25) is 5.13 Å². The lowest BCUT2D eigenvalue weighted by atomic mass is 10.1. The molecule has 0 unspecified atom stereocenters. The van der Waals surface area contributed by atoms with E-state index in [-0.39, 0.29) is 17.4 Å². The van der Waals surface area contributed by atoms with Gasteiger partial charge in [0.05, 0.1) is 5.56 Å². The summed E-state index contributed by atoms with van der Waals surface area (Å²) >= 11 is 4.09. The van der Waals surface area contributed by atoms with Crippen LogP contribution in [0.1, 0.15) is 19.4 Å². The number of anilines is 1. The number of halogens is 4. The van der Waals surface area contributed by atoms with Crippen molar-refractivity contribution in [3.63, 3.8) is 0 Å². The fraction of sp³-hybridized carbons (Fsp3) is 0.333. The Morgan fingerprint density at radius 1 is 1.30 bits per heavy atom. The molecule has 1 aromatic carbocycles. The fourth-order valence-corrected chi connectivity index (χ4v) is 2.67. The van der Waals surface area contributed by atoms with Crippen molar-refractivity contribution in [1.29, 1.82) is 0 Å². The molecule has 0 bridgehead atoms. The predicted octanol–water partition coefficient (Wildman–Crippen LogP) is 4.81. The average Bonchev–Trinajstić information content (AvgIpc) is 2.75. The molecule has 2 aromatic rings. The van der Waals surface area contributed by atoms with Crippen molar-refractivity contribution in [3.05, 3.63) is 28.2 Å². The Hall–Kier alpha value is -1.15. The summed E-state index contributed by atoms with van der Waals surface area (Å²) < 4.78 is 43.5.